The van der Waals surface area contributed by atoms with Crippen LogP contribution in [0, 0.1) is 6.92 Å². The molecule has 0 fully saturated rings. The Kier molecular flexibility index (Phi) is 3.29. The van der Waals surface area contributed by atoms with Gasteiger partial charge in [0.05, 0.1) is 6.26 Å². The number of aryl methyl sites for hydroxylation is 1. The topological polar surface area (TPSA) is 58.0 Å². The van der Waals surface area contributed by atoms with Gasteiger partial charge in [-0.1, -0.05) is 6.07 Å². The van der Waals surface area contributed by atoms with Gasteiger partial charge < -0.3 is 14.7 Å². The first kappa shape index (κ1) is 12.5. The number of fused-ring (bicyclic) bond motifs is 1. The van der Waals surface area contributed by atoms with Crippen molar-refractivity contribution in [3.8, 4) is 0 Å². The number of carbonyl (C=O) groups excluding carboxylic acids is 1. The van der Waals surface area contributed by atoms with Crippen LogP contribution in [-0.2, 0) is 6.42 Å². The first-order valence-corrected chi connectivity index (χ1v) is 6.62. The predicted molar refractivity (Wildman–Crippen MR) is 77.8 cm³/mol. The third-order valence-electron chi connectivity index (χ3n) is 3.26. The predicted octanol–water partition coefficient (Wildman–Crippen LogP) is 3.04. The van der Waals surface area contributed by atoms with Gasteiger partial charge in [0.1, 0.15) is 0 Å². The van der Waals surface area contributed by atoms with Gasteiger partial charge in [-0.15, -0.1) is 0 Å². The molecule has 20 heavy (non-hydrogen) atoms. The number of aromatic amines is 1. The highest BCUT2D eigenvalue weighted by molar-refractivity contribution is 5.91. The molecule has 0 aliphatic carbocycles. The molecule has 0 saturated carbocycles. The fourth-order valence-electron chi connectivity index (χ4n) is 2.30. The number of benzene rings is 1. The zero-order valence-corrected chi connectivity index (χ0v) is 11.3. The van der Waals surface area contributed by atoms with Gasteiger partial charge >= 0.3 is 0 Å². The molecule has 2 aromatic heterocycles. The van der Waals surface area contributed by atoms with Gasteiger partial charge in [-0.05, 0) is 54.6 Å². The standard InChI is InChI=1S/C16H16N2O2/c1-11-9-13-10-12(4-5-14(13)18-11)6-7-17-16(19)15-3-2-8-20-15/h2-5,8-10,18H,6-7H2,1H3,(H,17,19). The first-order valence-electron chi connectivity index (χ1n) is 6.62. The normalized spacial score (nSPS) is 10.8. The number of carbonyl (C=O) groups is 1. The van der Waals surface area contributed by atoms with Gasteiger partial charge in [0.15, 0.2) is 5.76 Å². The highest BCUT2D eigenvalue weighted by Crippen LogP contribution is 2.17. The number of H-pyrrole nitrogens is 1. The van der Waals surface area contributed by atoms with E-state index in [9.17, 15) is 4.79 Å². The summed E-state index contributed by atoms with van der Waals surface area (Å²) in [5.74, 6) is 0.176. The maximum absolute atomic E-state index is 11.7. The second-order valence-corrected chi connectivity index (χ2v) is 4.86. The molecule has 0 spiro atoms. The van der Waals surface area contributed by atoms with Crippen LogP contribution in [0.5, 0.6) is 0 Å². The van der Waals surface area contributed by atoms with Gasteiger partial charge in [-0.25, -0.2) is 0 Å². The number of hydrogen-bond acceptors (Lipinski definition) is 2. The molecular weight excluding hydrogens is 252 g/mol. The van der Waals surface area contributed by atoms with Crippen molar-refractivity contribution >= 4 is 16.8 Å². The summed E-state index contributed by atoms with van der Waals surface area (Å²) in [6.45, 7) is 2.64. The average Bonchev–Trinajstić information content (AvgIpc) is 3.05. The van der Waals surface area contributed by atoms with E-state index in [0.717, 1.165) is 17.6 Å². The lowest BCUT2D eigenvalue weighted by Crippen LogP contribution is -2.25. The van der Waals surface area contributed by atoms with Crippen LogP contribution in [0.1, 0.15) is 21.8 Å². The van der Waals surface area contributed by atoms with Gasteiger partial charge in [0.2, 0.25) is 0 Å². The van der Waals surface area contributed by atoms with E-state index in [1.807, 2.05) is 6.92 Å². The van der Waals surface area contributed by atoms with Crippen LogP contribution < -0.4 is 5.32 Å². The van der Waals surface area contributed by atoms with Gasteiger partial charge in [0, 0.05) is 17.8 Å². The molecule has 2 N–H and O–H groups in total. The molecule has 2 heterocycles. The molecule has 102 valence electrons. The van der Waals surface area contributed by atoms with Crippen molar-refractivity contribution in [1.82, 2.24) is 10.3 Å². The minimum absolute atomic E-state index is 0.173. The molecule has 3 aromatic rings. The summed E-state index contributed by atoms with van der Waals surface area (Å²) in [4.78, 5) is 15.0. The largest absolute Gasteiger partial charge is 0.459 e. The van der Waals surface area contributed by atoms with Crippen LogP contribution in [0.4, 0.5) is 0 Å². The third-order valence-corrected chi connectivity index (χ3v) is 3.26. The molecule has 3 rings (SSSR count). The van der Waals surface area contributed by atoms with Crippen molar-refractivity contribution in [3.05, 3.63) is 59.7 Å². The number of aromatic nitrogens is 1. The lowest BCUT2D eigenvalue weighted by atomic mass is 10.1. The number of furan rings is 1. The van der Waals surface area contributed by atoms with Gasteiger partial charge in [-0.3, -0.25) is 4.79 Å². The van der Waals surface area contributed by atoms with E-state index in [2.05, 4.69) is 34.6 Å². The van der Waals surface area contributed by atoms with E-state index in [0.29, 0.717) is 12.3 Å². The van der Waals surface area contributed by atoms with Crippen LogP contribution in [-0.4, -0.2) is 17.4 Å². The molecule has 1 amide bonds. The Morgan fingerprint density at radius 2 is 2.20 bits per heavy atom. The third kappa shape index (κ3) is 2.59. The van der Waals surface area contributed by atoms with Gasteiger partial charge in [-0.2, -0.15) is 0 Å². The highest BCUT2D eigenvalue weighted by Gasteiger charge is 2.07. The van der Waals surface area contributed by atoms with Crippen LogP contribution >= 0.6 is 0 Å². The molecule has 0 atom stereocenters. The van der Waals surface area contributed by atoms with Crippen LogP contribution in [0.25, 0.3) is 10.9 Å². The first-order chi connectivity index (χ1) is 9.72. The number of amides is 1. The van der Waals surface area contributed by atoms with E-state index < -0.39 is 0 Å². The quantitative estimate of drug-likeness (QED) is 0.764. The zero-order valence-electron chi connectivity index (χ0n) is 11.3. The van der Waals surface area contributed by atoms with E-state index >= 15 is 0 Å². The van der Waals surface area contributed by atoms with E-state index in [1.54, 1.807) is 12.1 Å². The van der Waals surface area contributed by atoms with E-state index in [4.69, 9.17) is 4.42 Å². The summed E-state index contributed by atoms with van der Waals surface area (Å²) in [6, 6.07) is 11.8. The Balaban J connectivity index is 1.61. The molecule has 4 nitrogen and oxygen atoms in total. The zero-order chi connectivity index (χ0) is 13.9. The second kappa shape index (κ2) is 5.25. The molecule has 0 unspecified atom stereocenters. The van der Waals surface area contributed by atoms with Crippen molar-refractivity contribution in [2.75, 3.05) is 6.54 Å². The second-order valence-electron chi connectivity index (χ2n) is 4.86. The summed E-state index contributed by atoms with van der Waals surface area (Å²) in [6.07, 6.45) is 2.30. The van der Waals surface area contributed by atoms with Gasteiger partial charge in [0.25, 0.3) is 5.91 Å². The molecule has 0 bridgehead atoms. The Labute approximate surface area is 116 Å². The Morgan fingerprint density at radius 1 is 1.30 bits per heavy atom. The molecule has 0 radical (unpaired) electrons. The summed E-state index contributed by atoms with van der Waals surface area (Å²) < 4.78 is 5.04. The molecule has 1 aromatic carbocycles. The van der Waals surface area contributed by atoms with Crippen molar-refractivity contribution in [3.63, 3.8) is 0 Å². The maximum Gasteiger partial charge on any atom is 0.286 e. The monoisotopic (exact) mass is 268 g/mol. The fourth-order valence-corrected chi connectivity index (χ4v) is 2.30. The van der Waals surface area contributed by atoms with E-state index in [1.165, 1.54) is 17.2 Å². The van der Waals surface area contributed by atoms with Crippen LogP contribution in [0.15, 0.2) is 47.1 Å². The number of hydrogen-bond donors (Lipinski definition) is 2. The SMILES string of the molecule is Cc1cc2cc(CCNC(=O)c3ccco3)ccc2[nH]1. The van der Waals surface area contributed by atoms with E-state index in [-0.39, 0.29) is 5.91 Å². The fraction of sp³-hybridized carbons (Fsp3) is 0.188. The van der Waals surface area contributed by atoms with Crippen molar-refractivity contribution < 1.29 is 9.21 Å². The maximum atomic E-state index is 11.7. The van der Waals surface area contributed by atoms with Crippen LogP contribution in [0.3, 0.4) is 0 Å². The van der Waals surface area contributed by atoms with Crippen molar-refractivity contribution in [1.29, 1.82) is 0 Å². The summed E-state index contributed by atoms with van der Waals surface area (Å²) in [5.41, 5.74) is 3.50. The highest BCUT2D eigenvalue weighted by atomic mass is 16.3. The van der Waals surface area contributed by atoms with Crippen LogP contribution in [0.2, 0.25) is 0 Å². The van der Waals surface area contributed by atoms with Crippen molar-refractivity contribution in [2.45, 2.75) is 13.3 Å². The summed E-state index contributed by atoms with van der Waals surface area (Å²) in [5, 5.41) is 4.05. The Hall–Kier alpha value is -2.49. The summed E-state index contributed by atoms with van der Waals surface area (Å²) in [7, 11) is 0. The Bertz CT molecular complexity index is 726. The number of rotatable bonds is 4. The molecule has 0 aliphatic rings. The molecule has 4 heteroatoms. The molecule has 0 aliphatic heterocycles. The smallest absolute Gasteiger partial charge is 0.286 e. The minimum Gasteiger partial charge on any atom is -0.459 e. The van der Waals surface area contributed by atoms with Crippen molar-refractivity contribution in [2.24, 2.45) is 0 Å². The molecule has 0 saturated heterocycles. The summed E-state index contributed by atoms with van der Waals surface area (Å²) >= 11 is 0. The average molecular weight is 268 g/mol. The lowest BCUT2D eigenvalue weighted by Gasteiger charge is -2.04. The Morgan fingerprint density at radius 3 is 3.00 bits per heavy atom. The lowest BCUT2D eigenvalue weighted by molar-refractivity contribution is 0.0926. The molecular formula is C16H16N2O2. The minimum atomic E-state index is -0.173. The number of nitrogens with one attached hydrogen (secondary N) is 2.